The zero-order valence-electron chi connectivity index (χ0n) is 9.24. The lowest BCUT2D eigenvalue weighted by molar-refractivity contribution is 0.0594. The SMILES string of the molecule is CC.COC(=O)c1coc(C2CNC2)n1. The highest BCUT2D eigenvalue weighted by molar-refractivity contribution is 5.86. The molecule has 0 amide bonds. The van der Waals surface area contributed by atoms with Gasteiger partial charge in [-0.15, -0.1) is 0 Å². The Morgan fingerprint density at radius 2 is 2.27 bits per heavy atom. The number of hydrogen-bond acceptors (Lipinski definition) is 5. The molecule has 1 aliphatic rings. The molecule has 1 N–H and O–H groups in total. The molecule has 2 rings (SSSR count). The van der Waals surface area contributed by atoms with Crippen molar-refractivity contribution in [2.24, 2.45) is 0 Å². The van der Waals surface area contributed by atoms with E-state index in [0.29, 0.717) is 11.8 Å². The van der Waals surface area contributed by atoms with Gasteiger partial charge in [0.2, 0.25) is 0 Å². The highest BCUT2D eigenvalue weighted by atomic mass is 16.5. The highest BCUT2D eigenvalue weighted by Crippen LogP contribution is 2.18. The zero-order chi connectivity index (χ0) is 11.3. The number of methoxy groups -OCH3 is 1. The van der Waals surface area contributed by atoms with E-state index in [1.807, 2.05) is 13.8 Å². The van der Waals surface area contributed by atoms with E-state index in [4.69, 9.17) is 4.42 Å². The zero-order valence-corrected chi connectivity index (χ0v) is 9.24. The number of carbonyl (C=O) groups excluding carboxylic acids is 1. The minimum Gasteiger partial charge on any atom is -0.464 e. The van der Waals surface area contributed by atoms with Crippen LogP contribution in [0.4, 0.5) is 0 Å². The van der Waals surface area contributed by atoms with Crippen molar-refractivity contribution in [2.45, 2.75) is 19.8 Å². The molecular formula is C10H16N2O3. The Labute approximate surface area is 88.8 Å². The predicted molar refractivity (Wildman–Crippen MR) is 54.8 cm³/mol. The van der Waals surface area contributed by atoms with Crippen molar-refractivity contribution in [3.63, 3.8) is 0 Å². The van der Waals surface area contributed by atoms with Crippen LogP contribution in [0.3, 0.4) is 0 Å². The van der Waals surface area contributed by atoms with Crippen LogP contribution in [0.15, 0.2) is 10.7 Å². The van der Waals surface area contributed by atoms with E-state index < -0.39 is 5.97 Å². The van der Waals surface area contributed by atoms with E-state index in [-0.39, 0.29) is 5.69 Å². The Hall–Kier alpha value is -1.36. The van der Waals surface area contributed by atoms with Gasteiger partial charge in [-0.05, 0) is 0 Å². The van der Waals surface area contributed by atoms with Crippen molar-refractivity contribution < 1.29 is 13.9 Å². The van der Waals surface area contributed by atoms with E-state index in [9.17, 15) is 4.79 Å². The molecule has 1 aromatic heterocycles. The van der Waals surface area contributed by atoms with Gasteiger partial charge in [0.1, 0.15) is 6.26 Å². The normalized spacial score (nSPS) is 14.9. The van der Waals surface area contributed by atoms with Gasteiger partial charge in [0.25, 0.3) is 0 Å². The van der Waals surface area contributed by atoms with Gasteiger partial charge in [-0.1, -0.05) is 13.8 Å². The number of carbonyl (C=O) groups is 1. The number of rotatable bonds is 2. The Morgan fingerprint density at radius 3 is 2.73 bits per heavy atom. The Bertz CT molecular complexity index is 318. The van der Waals surface area contributed by atoms with Crippen molar-refractivity contribution in [3.8, 4) is 0 Å². The molecule has 1 aliphatic heterocycles. The molecule has 5 heteroatoms. The van der Waals surface area contributed by atoms with E-state index in [2.05, 4.69) is 15.0 Å². The molecule has 0 spiro atoms. The first-order valence-corrected chi connectivity index (χ1v) is 5.05. The molecule has 15 heavy (non-hydrogen) atoms. The number of nitrogens with zero attached hydrogens (tertiary/aromatic N) is 1. The standard InChI is InChI=1S/C8H10N2O3.C2H6/c1-12-8(11)6-4-13-7(10-6)5-2-9-3-5;1-2/h4-5,9H,2-3H2,1H3;1-2H3. The van der Waals surface area contributed by atoms with Gasteiger partial charge in [-0.25, -0.2) is 9.78 Å². The average Bonchev–Trinajstić information content (AvgIpc) is 2.66. The van der Waals surface area contributed by atoms with Crippen LogP contribution in [0.1, 0.15) is 36.1 Å². The van der Waals surface area contributed by atoms with E-state index in [0.717, 1.165) is 13.1 Å². The number of nitrogens with one attached hydrogen (secondary N) is 1. The number of oxazole rings is 1. The summed E-state index contributed by atoms with van der Waals surface area (Å²) in [6.45, 7) is 5.72. The third-order valence-electron chi connectivity index (χ3n) is 2.05. The van der Waals surface area contributed by atoms with E-state index in [1.54, 1.807) is 0 Å². The molecular weight excluding hydrogens is 196 g/mol. The molecule has 5 nitrogen and oxygen atoms in total. The van der Waals surface area contributed by atoms with Crippen molar-refractivity contribution >= 4 is 5.97 Å². The summed E-state index contributed by atoms with van der Waals surface area (Å²) in [5.41, 5.74) is 0.240. The fraction of sp³-hybridized carbons (Fsp3) is 0.600. The van der Waals surface area contributed by atoms with Gasteiger partial charge in [0.15, 0.2) is 11.6 Å². The van der Waals surface area contributed by atoms with E-state index >= 15 is 0 Å². The fourth-order valence-corrected chi connectivity index (χ4v) is 1.14. The van der Waals surface area contributed by atoms with Crippen LogP contribution in [0, 0.1) is 0 Å². The summed E-state index contributed by atoms with van der Waals surface area (Å²) in [5.74, 6) is 0.458. The van der Waals surface area contributed by atoms with Gasteiger partial charge in [-0.3, -0.25) is 0 Å². The van der Waals surface area contributed by atoms with Gasteiger partial charge >= 0.3 is 5.97 Å². The minimum absolute atomic E-state index is 0.240. The number of esters is 1. The summed E-state index contributed by atoms with van der Waals surface area (Å²) in [7, 11) is 1.32. The summed E-state index contributed by atoms with van der Waals surface area (Å²) in [4.78, 5) is 15.0. The van der Waals surface area contributed by atoms with Gasteiger partial charge in [0.05, 0.1) is 13.0 Å². The average molecular weight is 212 g/mol. The maximum absolute atomic E-state index is 11.0. The molecule has 2 heterocycles. The van der Waals surface area contributed by atoms with Crippen LogP contribution in [-0.2, 0) is 4.74 Å². The van der Waals surface area contributed by atoms with Crippen molar-refractivity contribution in [1.29, 1.82) is 0 Å². The molecule has 1 fully saturated rings. The van der Waals surface area contributed by atoms with E-state index in [1.165, 1.54) is 13.4 Å². The lowest BCUT2D eigenvalue weighted by Crippen LogP contribution is -2.40. The maximum Gasteiger partial charge on any atom is 0.360 e. The van der Waals surface area contributed by atoms with Gasteiger partial charge < -0.3 is 14.5 Å². The number of ether oxygens (including phenoxy) is 1. The second-order valence-corrected chi connectivity index (χ2v) is 2.92. The fourth-order valence-electron chi connectivity index (χ4n) is 1.14. The molecule has 0 bridgehead atoms. The molecule has 1 saturated heterocycles. The topological polar surface area (TPSA) is 64.4 Å². The second kappa shape index (κ2) is 5.50. The summed E-state index contributed by atoms with van der Waals surface area (Å²) in [5, 5.41) is 3.10. The van der Waals surface area contributed by atoms with Crippen LogP contribution in [-0.4, -0.2) is 31.2 Å². The van der Waals surface area contributed by atoms with Crippen LogP contribution < -0.4 is 5.32 Å². The number of hydrogen-bond donors (Lipinski definition) is 1. The third-order valence-corrected chi connectivity index (χ3v) is 2.05. The molecule has 84 valence electrons. The predicted octanol–water partition coefficient (Wildman–Crippen LogP) is 1.17. The largest absolute Gasteiger partial charge is 0.464 e. The summed E-state index contributed by atoms with van der Waals surface area (Å²) in [6, 6.07) is 0. The summed E-state index contributed by atoms with van der Waals surface area (Å²) in [6.07, 6.45) is 1.33. The van der Waals surface area contributed by atoms with Gasteiger partial charge in [0, 0.05) is 13.1 Å². The lowest BCUT2D eigenvalue weighted by atomic mass is 10.0. The van der Waals surface area contributed by atoms with Crippen LogP contribution in [0.2, 0.25) is 0 Å². The van der Waals surface area contributed by atoms with Gasteiger partial charge in [-0.2, -0.15) is 0 Å². The Kier molecular flexibility index (Phi) is 4.30. The summed E-state index contributed by atoms with van der Waals surface area (Å²) < 4.78 is 9.64. The Morgan fingerprint density at radius 1 is 1.60 bits per heavy atom. The molecule has 0 radical (unpaired) electrons. The summed E-state index contributed by atoms with van der Waals surface area (Å²) >= 11 is 0. The van der Waals surface area contributed by atoms with Crippen molar-refractivity contribution in [3.05, 3.63) is 17.8 Å². The highest BCUT2D eigenvalue weighted by Gasteiger charge is 2.25. The minimum atomic E-state index is -0.456. The lowest BCUT2D eigenvalue weighted by Gasteiger charge is -2.23. The first-order chi connectivity index (χ1) is 7.31. The molecule has 0 saturated carbocycles. The molecule has 0 unspecified atom stereocenters. The maximum atomic E-state index is 11.0. The van der Waals surface area contributed by atoms with Crippen LogP contribution >= 0.6 is 0 Å². The van der Waals surface area contributed by atoms with Crippen molar-refractivity contribution in [2.75, 3.05) is 20.2 Å². The molecule has 0 atom stereocenters. The third kappa shape index (κ3) is 2.56. The molecule has 0 aromatic carbocycles. The monoisotopic (exact) mass is 212 g/mol. The van der Waals surface area contributed by atoms with Crippen LogP contribution in [0.25, 0.3) is 0 Å². The quantitative estimate of drug-likeness (QED) is 0.745. The second-order valence-electron chi connectivity index (χ2n) is 2.92. The first-order valence-electron chi connectivity index (χ1n) is 5.05. The molecule has 0 aliphatic carbocycles. The number of aromatic nitrogens is 1. The first kappa shape index (κ1) is 11.7. The molecule has 1 aromatic rings. The Balaban J connectivity index is 0.000000531. The smallest absolute Gasteiger partial charge is 0.360 e. The van der Waals surface area contributed by atoms with Crippen molar-refractivity contribution in [1.82, 2.24) is 10.3 Å². The van der Waals surface area contributed by atoms with Crippen LogP contribution in [0.5, 0.6) is 0 Å².